The van der Waals surface area contributed by atoms with Crippen LogP contribution in [0.1, 0.15) is 41.0 Å². The van der Waals surface area contributed by atoms with Crippen molar-refractivity contribution < 1.29 is 9.59 Å². The number of nitriles is 1. The van der Waals surface area contributed by atoms with Gasteiger partial charge in [0.15, 0.2) is 0 Å². The Morgan fingerprint density at radius 3 is 2.59 bits per heavy atom. The van der Waals surface area contributed by atoms with Crippen LogP contribution in [0.15, 0.2) is 30.5 Å². The summed E-state index contributed by atoms with van der Waals surface area (Å²) in [5.74, 6) is 0.281. The molecule has 1 aromatic carbocycles. The number of likely N-dealkylation sites (tertiary alicyclic amines) is 1. The van der Waals surface area contributed by atoms with Crippen LogP contribution in [0.25, 0.3) is 0 Å². The molecule has 2 fully saturated rings. The predicted molar refractivity (Wildman–Crippen MR) is 131 cm³/mol. The fraction of sp³-hybridized carbons (Fsp3) is 0.440. The lowest BCUT2D eigenvalue weighted by Gasteiger charge is -2.46. The van der Waals surface area contributed by atoms with Gasteiger partial charge in [-0.15, -0.1) is 0 Å². The highest BCUT2D eigenvalue weighted by Crippen LogP contribution is 2.28. The molecule has 0 radical (unpaired) electrons. The van der Waals surface area contributed by atoms with Gasteiger partial charge in [0.25, 0.3) is 5.91 Å². The number of urea groups is 1. The maximum absolute atomic E-state index is 12.8. The molecule has 3 amide bonds. The first-order chi connectivity index (χ1) is 16.2. The lowest BCUT2D eigenvalue weighted by Crippen LogP contribution is -2.60. The number of amides is 3. The maximum atomic E-state index is 12.8. The number of hydrogen-bond acceptors (Lipinski definition) is 5. The van der Waals surface area contributed by atoms with Crippen molar-refractivity contribution in [1.82, 2.24) is 19.7 Å². The van der Waals surface area contributed by atoms with E-state index in [9.17, 15) is 9.59 Å². The summed E-state index contributed by atoms with van der Waals surface area (Å²) in [5.41, 5.74) is 3.24. The van der Waals surface area contributed by atoms with E-state index in [-0.39, 0.29) is 23.7 Å². The lowest BCUT2D eigenvalue weighted by molar-refractivity contribution is 0.0525. The Balaban J connectivity index is 1.41. The Kier molecular flexibility index (Phi) is 7.05. The molecule has 4 rings (SSSR count). The van der Waals surface area contributed by atoms with Crippen molar-refractivity contribution in [2.24, 2.45) is 5.92 Å². The largest absolute Gasteiger partial charge is 0.324 e. The number of hydrogen-bond donors (Lipinski definition) is 1. The zero-order chi connectivity index (χ0) is 24.4. The van der Waals surface area contributed by atoms with E-state index in [4.69, 9.17) is 16.9 Å². The van der Waals surface area contributed by atoms with Gasteiger partial charge in [0, 0.05) is 62.2 Å². The van der Waals surface area contributed by atoms with Crippen LogP contribution in [0.4, 0.5) is 10.5 Å². The highest BCUT2D eigenvalue weighted by molar-refractivity contribution is 6.31. The van der Waals surface area contributed by atoms with Crippen molar-refractivity contribution in [3.05, 3.63) is 57.9 Å². The van der Waals surface area contributed by atoms with Crippen molar-refractivity contribution in [2.75, 3.05) is 38.0 Å². The maximum Gasteiger partial charge on any atom is 0.320 e. The van der Waals surface area contributed by atoms with E-state index in [1.54, 1.807) is 12.1 Å². The van der Waals surface area contributed by atoms with Crippen LogP contribution in [-0.2, 0) is 6.54 Å². The van der Waals surface area contributed by atoms with Crippen molar-refractivity contribution >= 4 is 29.2 Å². The van der Waals surface area contributed by atoms with Gasteiger partial charge in [-0.25, -0.2) is 9.78 Å². The van der Waals surface area contributed by atoms with Crippen molar-refractivity contribution in [3.63, 3.8) is 0 Å². The molecule has 34 heavy (non-hydrogen) atoms. The van der Waals surface area contributed by atoms with Gasteiger partial charge < -0.3 is 15.1 Å². The van der Waals surface area contributed by atoms with Crippen molar-refractivity contribution in [2.45, 2.75) is 33.4 Å². The molecular weight excluding hydrogens is 452 g/mol. The zero-order valence-electron chi connectivity index (χ0n) is 19.7. The van der Waals surface area contributed by atoms with Gasteiger partial charge in [-0.2, -0.15) is 5.26 Å². The number of nitrogens with zero attached hydrogens (tertiary/aromatic N) is 5. The highest BCUT2D eigenvalue weighted by Gasteiger charge is 2.35. The number of carbonyl (C=O) groups is 2. The molecule has 2 aliphatic heterocycles. The SMILES string of the molecule is Cc1c(CN2CCN(C(=O)N3CC(C)C3)C(C)C2)cc(Cl)cc1NC(=O)c1ccc(C#N)nc1. The molecule has 1 atom stereocenters. The Morgan fingerprint density at radius 2 is 1.97 bits per heavy atom. The van der Waals surface area contributed by atoms with Gasteiger partial charge in [0.2, 0.25) is 0 Å². The molecule has 2 saturated heterocycles. The molecule has 2 aromatic rings. The summed E-state index contributed by atoms with van der Waals surface area (Å²) >= 11 is 6.39. The zero-order valence-corrected chi connectivity index (χ0v) is 20.5. The summed E-state index contributed by atoms with van der Waals surface area (Å²) in [6, 6.07) is 8.97. The molecule has 1 unspecified atom stereocenters. The van der Waals surface area contributed by atoms with Crippen LogP contribution in [0, 0.1) is 24.2 Å². The van der Waals surface area contributed by atoms with Crippen LogP contribution in [0.3, 0.4) is 0 Å². The molecule has 9 heteroatoms. The van der Waals surface area contributed by atoms with Crippen molar-refractivity contribution in [3.8, 4) is 6.07 Å². The van der Waals surface area contributed by atoms with E-state index in [1.165, 1.54) is 12.3 Å². The molecule has 3 heterocycles. The van der Waals surface area contributed by atoms with Gasteiger partial charge >= 0.3 is 6.03 Å². The van der Waals surface area contributed by atoms with Gasteiger partial charge in [-0.3, -0.25) is 9.69 Å². The summed E-state index contributed by atoms with van der Waals surface area (Å²) in [7, 11) is 0. The smallest absolute Gasteiger partial charge is 0.320 e. The number of rotatable bonds is 4. The fourth-order valence-electron chi connectivity index (χ4n) is 4.56. The number of benzene rings is 1. The summed E-state index contributed by atoms with van der Waals surface area (Å²) in [6.45, 7) is 10.9. The van der Waals surface area contributed by atoms with Crippen LogP contribution >= 0.6 is 11.6 Å². The predicted octanol–water partition coefficient (Wildman–Crippen LogP) is 3.75. The highest BCUT2D eigenvalue weighted by atomic mass is 35.5. The minimum Gasteiger partial charge on any atom is -0.324 e. The first-order valence-electron chi connectivity index (χ1n) is 11.5. The van der Waals surface area contributed by atoms with Crippen LogP contribution in [0.2, 0.25) is 5.02 Å². The van der Waals surface area contributed by atoms with Crippen LogP contribution in [0.5, 0.6) is 0 Å². The third kappa shape index (κ3) is 5.16. The molecule has 1 N–H and O–H groups in total. The average molecular weight is 481 g/mol. The van der Waals surface area contributed by atoms with Gasteiger partial charge in [-0.1, -0.05) is 18.5 Å². The molecule has 178 valence electrons. The van der Waals surface area contributed by atoms with Gasteiger partial charge in [0.05, 0.1) is 5.56 Å². The van der Waals surface area contributed by atoms with E-state index in [2.05, 4.69) is 29.0 Å². The Morgan fingerprint density at radius 1 is 1.21 bits per heavy atom. The molecule has 0 bridgehead atoms. The molecule has 0 aliphatic carbocycles. The minimum absolute atomic E-state index is 0.125. The summed E-state index contributed by atoms with van der Waals surface area (Å²) in [5, 5.41) is 12.3. The number of anilines is 1. The van der Waals surface area contributed by atoms with E-state index in [0.29, 0.717) is 35.3 Å². The molecule has 0 spiro atoms. The number of aromatic nitrogens is 1. The van der Waals surface area contributed by atoms with E-state index < -0.39 is 0 Å². The number of carbonyl (C=O) groups excluding carboxylic acids is 2. The van der Waals surface area contributed by atoms with E-state index in [1.807, 2.05) is 28.9 Å². The fourth-order valence-corrected chi connectivity index (χ4v) is 4.80. The summed E-state index contributed by atoms with van der Waals surface area (Å²) in [6.07, 6.45) is 1.39. The van der Waals surface area contributed by atoms with E-state index in [0.717, 1.165) is 37.3 Å². The molecule has 2 aliphatic rings. The van der Waals surface area contributed by atoms with Gasteiger partial charge in [0.1, 0.15) is 11.8 Å². The normalized spacial score (nSPS) is 18.9. The number of piperazine rings is 1. The first kappa shape index (κ1) is 24.0. The molecule has 1 aromatic heterocycles. The lowest BCUT2D eigenvalue weighted by atomic mass is 10.0. The first-order valence-corrected chi connectivity index (χ1v) is 11.9. The topological polar surface area (TPSA) is 92.6 Å². The van der Waals surface area contributed by atoms with Crippen molar-refractivity contribution in [1.29, 1.82) is 5.26 Å². The number of pyridine rings is 1. The standard InChI is InChI=1S/C25H29ClN6O2/c1-16-12-31(13-16)25(34)32-7-6-30(14-17(32)2)15-20-8-21(26)9-23(18(20)3)29-24(33)19-4-5-22(10-27)28-11-19/h4-5,8-9,11,16-17H,6-7,12-15H2,1-3H3,(H,29,33). The summed E-state index contributed by atoms with van der Waals surface area (Å²) < 4.78 is 0. The second-order valence-electron chi connectivity index (χ2n) is 9.31. The molecule has 8 nitrogen and oxygen atoms in total. The number of halogens is 1. The third-order valence-electron chi connectivity index (χ3n) is 6.55. The quantitative estimate of drug-likeness (QED) is 0.719. The number of nitrogens with one attached hydrogen (secondary N) is 1. The molecular formula is C25H29ClN6O2. The van der Waals surface area contributed by atoms with Crippen LogP contribution < -0.4 is 5.32 Å². The Labute approximate surface area is 205 Å². The van der Waals surface area contributed by atoms with E-state index >= 15 is 0 Å². The molecule has 0 saturated carbocycles. The minimum atomic E-state index is -0.311. The monoisotopic (exact) mass is 480 g/mol. The third-order valence-corrected chi connectivity index (χ3v) is 6.77. The van der Waals surface area contributed by atoms with Crippen LogP contribution in [-0.4, -0.2) is 70.4 Å². The second kappa shape index (κ2) is 10.00. The average Bonchev–Trinajstić information content (AvgIpc) is 2.79. The second-order valence-corrected chi connectivity index (χ2v) is 9.74. The Bertz CT molecular complexity index is 1120. The Hall–Kier alpha value is -3.15. The van der Waals surface area contributed by atoms with Gasteiger partial charge in [-0.05, 0) is 55.2 Å². The summed E-state index contributed by atoms with van der Waals surface area (Å²) in [4.78, 5) is 35.6.